The van der Waals surface area contributed by atoms with Crippen molar-refractivity contribution < 1.29 is 4.79 Å². The van der Waals surface area contributed by atoms with E-state index in [9.17, 15) is 4.79 Å². The summed E-state index contributed by atoms with van der Waals surface area (Å²) in [6.45, 7) is 5.89. The molecule has 2 atom stereocenters. The van der Waals surface area contributed by atoms with Crippen LogP contribution in [0.15, 0.2) is 24.3 Å². The van der Waals surface area contributed by atoms with Gasteiger partial charge in [-0.25, -0.2) is 0 Å². The summed E-state index contributed by atoms with van der Waals surface area (Å²) in [5, 5.41) is 6.27. The first-order chi connectivity index (χ1) is 8.66. The molecule has 1 saturated heterocycles. The zero-order chi connectivity index (χ0) is 13.0. The number of hydrogen-bond donors (Lipinski definition) is 2. The van der Waals surface area contributed by atoms with Crippen molar-refractivity contribution >= 4 is 5.91 Å². The van der Waals surface area contributed by atoms with Gasteiger partial charge in [-0.1, -0.05) is 36.8 Å². The number of benzene rings is 1. The molecule has 1 aromatic rings. The Morgan fingerprint density at radius 2 is 2.33 bits per heavy atom. The van der Waals surface area contributed by atoms with Gasteiger partial charge in [-0.15, -0.1) is 0 Å². The van der Waals surface area contributed by atoms with Crippen LogP contribution in [0.4, 0.5) is 0 Å². The number of carbonyl (C=O) groups excluding carboxylic acids is 1. The van der Waals surface area contributed by atoms with Crippen LogP contribution in [0.25, 0.3) is 0 Å². The van der Waals surface area contributed by atoms with E-state index in [4.69, 9.17) is 0 Å². The molecule has 1 amide bonds. The van der Waals surface area contributed by atoms with Crippen LogP contribution in [-0.2, 0) is 11.2 Å². The van der Waals surface area contributed by atoms with Crippen molar-refractivity contribution in [1.29, 1.82) is 0 Å². The maximum absolute atomic E-state index is 11.9. The minimum atomic E-state index is 0.00232. The van der Waals surface area contributed by atoms with Gasteiger partial charge in [0.2, 0.25) is 5.91 Å². The first-order valence-electron chi connectivity index (χ1n) is 6.73. The third-order valence-electron chi connectivity index (χ3n) is 3.61. The van der Waals surface area contributed by atoms with Crippen LogP contribution in [0.1, 0.15) is 24.5 Å². The highest BCUT2D eigenvalue weighted by molar-refractivity contribution is 5.82. The van der Waals surface area contributed by atoms with E-state index in [-0.39, 0.29) is 11.9 Å². The fourth-order valence-electron chi connectivity index (χ4n) is 2.49. The molecule has 3 nitrogen and oxygen atoms in total. The molecular weight excluding hydrogens is 224 g/mol. The van der Waals surface area contributed by atoms with E-state index in [2.05, 4.69) is 48.7 Å². The Hall–Kier alpha value is -1.35. The van der Waals surface area contributed by atoms with Gasteiger partial charge in [-0.05, 0) is 37.8 Å². The molecule has 0 spiro atoms. The molecular formula is C15H22N2O. The molecule has 3 heteroatoms. The Kier molecular flexibility index (Phi) is 4.37. The quantitative estimate of drug-likeness (QED) is 0.848. The SMILES string of the molecule is Cc1cccc(CCNC(=O)C2NCCC2C)c1. The topological polar surface area (TPSA) is 41.1 Å². The van der Waals surface area contributed by atoms with E-state index in [0.717, 1.165) is 19.4 Å². The van der Waals surface area contributed by atoms with Crippen molar-refractivity contribution in [3.05, 3.63) is 35.4 Å². The second-order valence-electron chi connectivity index (χ2n) is 5.23. The summed E-state index contributed by atoms with van der Waals surface area (Å²) in [5.74, 6) is 0.594. The van der Waals surface area contributed by atoms with Gasteiger partial charge in [0.05, 0.1) is 6.04 Å². The molecule has 2 rings (SSSR count). The number of aryl methyl sites for hydroxylation is 1. The zero-order valence-electron chi connectivity index (χ0n) is 11.2. The summed E-state index contributed by atoms with van der Waals surface area (Å²) < 4.78 is 0. The van der Waals surface area contributed by atoms with Crippen LogP contribution in [-0.4, -0.2) is 25.0 Å². The molecule has 1 aliphatic rings. The van der Waals surface area contributed by atoms with Crippen molar-refractivity contribution in [2.75, 3.05) is 13.1 Å². The van der Waals surface area contributed by atoms with Crippen LogP contribution >= 0.6 is 0 Å². The average Bonchev–Trinajstić information content (AvgIpc) is 2.75. The Morgan fingerprint density at radius 1 is 1.50 bits per heavy atom. The van der Waals surface area contributed by atoms with Crippen LogP contribution in [0.3, 0.4) is 0 Å². The van der Waals surface area contributed by atoms with Crippen molar-refractivity contribution in [3.63, 3.8) is 0 Å². The molecule has 0 saturated carbocycles. The van der Waals surface area contributed by atoms with Crippen molar-refractivity contribution in [3.8, 4) is 0 Å². The molecule has 1 aliphatic heterocycles. The number of hydrogen-bond acceptors (Lipinski definition) is 2. The van der Waals surface area contributed by atoms with Gasteiger partial charge >= 0.3 is 0 Å². The fourth-order valence-corrected chi connectivity index (χ4v) is 2.49. The predicted octanol–water partition coefficient (Wildman–Crippen LogP) is 1.65. The first kappa shape index (κ1) is 13.1. The summed E-state index contributed by atoms with van der Waals surface area (Å²) in [6.07, 6.45) is 1.99. The average molecular weight is 246 g/mol. The van der Waals surface area contributed by atoms with E-state index in [1.807, 2.05) is 0 Å². The van der Waals surface area contributed by atoms with E-state index in [1.54, 1.807) is 0 Å². The first-order valence-corrected chi connectivity index (χ1v) is 6.73. The van der Waals surface area contributed by atoms with Crippen LogP contribution in [0.2, 0.25) is 0 Å². The van der Waals surface area contributed by atoms with E-state index < -0.39 is 0 Å². The lowest BCUT2D eigenvalue weighted by atomic mass is 10.0. The molecule has 18 heavy (non-hydrogen) atoms. The Morgan fingerprint density at radius 3 is 3.00 bits per heavy atom. The molecule has 2 N–H and O–H groups in total. The molecule has 1 fully saturated rings. The van der Waals surface area contributed by atoms with Gasteiger partial charge in [-0.3, -0.25) is 4.79 Å². The van der Waals surface area contributed by atoms with Crippen LogP contribution < -0.4 is 10.6 Å². The standard InChI is InChI=1S/C15H22N2O/c1-11-4-3-5-13(10-11)7-9-17-15(18)14-12(2)6-8-16-14/h3-5,10,12,14,16H,6-9H2,1-2H3,(H,17,18). The molecule has 98 valence electrons. The summed E-state index contributed by atoms with van der Waals surface area (Å²) in [6, 6.07) is 8.43. The summed E-state index contributed by atoms with van der Waals surface area (Å²) >= 11 is 0. The smallest absolute Gasteiger partial charge is 0.237 e. The Balaban J connectivity index is 1.77. The highest BCUT2D eigenvalue weighted by Crippen LogP contribution is 2.14. The number of carbonyl (C=O) groups is 1. The number of rotatable bonds is 4. The van der Waals surface area contributed by atoms with Crippen molar-refractivity contribution in [2.24, 2.45) is 5.92 Å². The van der Waals surface area contributed by atoms with Gasteiger partial charge in [0.1, 0.15) is 0 Å². The summed E-state index contributed by atoms with van der Waals surface area (Å²) in [5.41, 5.74) is 2.55. The summed E-state index contributed by atoms with van der Waals surface area (Å²) in [4.78, 5) is 11.9. The van der Waals surface area contributed by atoms with Gasteiger partial charge in [0, 0.05) is 6.54 Å². The molecule has 0 radical (unpaired) electrons. The molecule has 1 heterocycles. The van der Waals surface area contributed by atoms with E-state index in [0.29, 0.717) is 12.5 Å². The predicted molar refractivity (Wildman–Crippen MR) is 73.5 cm³/mol. The maximum atomic E-state index is 11.9. The lowest BCUT2D eigenvalue weighted by Gasteiger charge is -2.15. The molecule has 0 aromatic heterocycles. The molecule has 0 aliphatic carbocycles. The maximum Gasteiger partial charge on any atom is 0.237 e. The van der Waals surface area contributed by atoms with Crippen LogP contribution in [0.5, 0.6) is 0 Å². The fraction of sp³-hybridized carbons (Fsp3) is 0.533. The Labute approximate surface area is 109 Å². The third kappa shape index (κ3) is 3.33. The second kappa shape index (κ2) is 6.01. The number of amides is 1. The van der Waals surface area contributed by atoms with Crippen molar-refractivity contribution in [2.45, 2.75) is 32.7 Å². The minimum absolute atomic E-state index is 0.00232. The second-order valence-corrected chi connectivity index (χ2v) is 5.23. The van der Waals surface area contributed by atoms with Gasteiger partial charge in [0.25, 0.3) is 0 Å². The molecule has 1 aromatic carbocycles. The summed E-state index contributed by atoms with van der Waals surface area (Å²) in [7, 11) is 0. The highest BCUT2D eigenvalue weighted by Gasteiger charge is 2.28. The largest absolute Gasteiger partial charge is 0.354 e. The van der Waals surface area contributed by atoms with Crippen LogP contribution in [0, 0.1) is 12.8 Å². The van der Waals surface area contributed by atoms with Crippen molar-refractivity contribution in [1.82, 2.24) is 10.6 Å². The zero-order valence-corrected chi connectivity index (χ0v) is 11.2. The monoisotopic (exact) mass is 246 g/mol. The minimum Gasteiger partial charge on any atom is -0.354 e. The number of nitrogens with one attached hydrogen (secondary N) is 2. The Bertz CT molecular complexity index is 417. The molecule has 2 unspecified atom stereocenters. The van der Waals surface area contributed by atoms with Gasteiger partial charge in [0.15, 0.2) is 0 Å². The highest BCUT2D eigenvalue weighted by atomic mass is 16.2. The lowest BCUT2D eigenvalue weighted by Crippen LogP contribution is -2.43. The van der Waals surface area contributed by atoms with Gasteiger partial charge in [-0.2, -0.15) is 0 Å². The van der Waals surface area contributed by atoms with E-state index >= 15 is 0 Å². The van der Waals surface area contributed by atoms with Gasteiger partial charge < -0.3 is 10.6 Å². The molecule has 0 bridgehead atoms. The normalized spacial score (nSPS) is 23.0. The van der Waals surface area contributed by atoms with E-state index in [1.165, 1.54) is 11.1 Å². The lowest BCUT2D eigenvalue weighted by molar-refractivity contribution is -0.123. The third-order valence-corrected chi connectivity index (χ3v) is 3.61.